The first-order chi connectivity index (χ1) is 9.84. The molecule has 21 heavy (non-hydrogen) atoms. The third-order valence-electron chi connectivity index (χ3n) is 2.79. The van der Waals surface area contributed by atoms with E-state index in [1.54, 1.807) is 0 Å². The number of carbonyl (C=O) groups is 1. The average molecular weight is 305 g/mol. The third-order valence-corrected chi connectivity index (χ3v) is 2.79. The summed E-state index contributed by atoms with van der Waals surface area (Å²) in [6.45, 7) is 0.964. The molecule has 0 bridgehead atoms. The molecule has 0 aliphatic carbocycles. The van der Waals surface area contributed by atoms with E-state index in [-0.39, 0.29) is 17.7 Å². The molecular formula is C13H18F3N3O2. The lowest BCUT2D eigenvalue weighted by atomic mass is 10.0. The van der Waals surface area contributed by atoms with Crippen LogP contribution in [0.1, 0.15) is 19.8 Å². The van der Waals surface area contributed by atoms with E-state index in [0.717, 1.165) is 6.42 Å². The van der Waals surface area contributed by atoms with E-state index in [2.05, 4.69) is 15.0 Å². The molecule has 1 heterocycles. The molecule has 0 fully saturated rings. The van der Waals surface area contributed by atoms with Gasteiger partial charge in [-0.15, -0.1) is 0 Å². The number of halogens is 3. The molecular weight excluding hydrogens is 287 g/mol. The molecule has 0 saturated carbocycles. The molecule has 5 nitrogen and oxygen atoms in total. The highest BCUT2D eigenvalue weighted by Crippen LogP contribution is 2.18. The molecule has 0 spiro atoms. The summed E-state index contributed by atoms with van der Waals surface area (Å²) in [6.07, 6.45) is -2.08. The summed E-state index contributed by atoms with van der Waals surface area (Å²) in [5, 5.41) is 2.61. The van der Waals surface area contributed by atoms with Crippen LogP contribution in [0.5, 0.6) is 5.88 Å². The summed E-state index contributed by atoms with van der Waals surface area (Å²) in [5.41, 5.74) is 5.91. The first-order valence-electron chi connectivity index (χ1n) is 6.49. The number of alkyl halides is 3. The van der Waals surface area contributed by atoms with Crippen LogP contribution in [0, 0.1) is 5.92 Å². The molecule has 1 unspecified atom stereocenters. The van der Waals surface area contributed by atoms with Crippen LogP contribution in [0.2, 0.25) is 0 Å². The van der Waals surface area contributed by atoms with Crippen LogP contribution in [-0.2, 0) is 4.79 Å². The second kappa shape index (κ2) is 7.82. The molecule has 0 aliphatic heterocycles. The SMILES string of the molecule is CCC(CN)CC(=O)Nc1ccc(OCC(F)(F)F)nc1. The number of amides is 1. The van der Waals surface area contributed by atoms with Gasteiger partial charge < -0.3 is 15.8 Å². The van der Waals surface area contributed by atoms with Gasteiger partial charge in [-0.2, -0.15) is 13.2 Å². The lowest BCUT2D eigenvalue weighted by Gasteiger charge is -2.12. The van der Waals surface area contributed by atoms with Crippen LogP contribution >= 0.6 is 0 Å². The molecule has 1 rings (SSSR count). The number of pyridine rings is 1. The molecule has 0 saturated heterocycles. The lowest BCUT2D eigenvalue weighted by Crippen LogP contribution is -2.22. The van der Waals surface area contributed by atoms with Gasteiger partial charge in [0.05, 0.1) is 11.9 Å². The summed E-state index contributed by atoms with van der Waals surface area (Å²) in [4.78, 5) is 15.4. The fourth-order valence-corrected chi connectivity index (χ4v) is 1.56. The molecule has 3 N–H and O–H groups in total. The van der Waals surface area contributed by atoms with E-state index in [0.29, 0.717) is 18.7 Å². The number of nitrogens with zero attached hydrogens (tertiary/aromatic N) is 1. The van der Waals surface area contributed by atoms with Crippen molar-refractivity contribution in [3.63, 3.8) is 0 Å². The first kappa shape index (κ1) is 17.2. The highest BCUT2D eigenvalue weighted by atomic mass is 19.4. The number of carbonyl (C=O) groups excluding carboxylic acids is 1. The van der Waals surface area contributed by atoms with Crippen molar-refractivity contribution in [1.29, 1.82) is 0 Å². The maximum atomic E-state index is 12.0. The number of hydrogen-bond donors (Lipinski definition) is 2. The molecule has 118 valence electrons. The normalized spacial score (nSPS) is 12.8. The summed E-state index contributed by atoms with van der Waals surface area (Å²) in [7, 11) is 0. The van der Waals surface area contributed by atoms with Crippen molar-refractivity contribution in [2.75, 3.05) is 18.5 Å². The highest BCUT2D eigenvalue weighted by Gasteiger charge is 2.28. The first-order valence-corrected chi connectivity index (χ1v) is 6.49. The minimum atomic E-state index is -4.41. The summed E-state index contributed by atoms with van der Waals surface area (Å²) in [6, 6.07) is 2.70. The Kier molecular flexibility index (Phi) is 6.41. The van der Waals surface area contributed by atoms with Crippen LogP contribution in [0.4, 0.5) is 18.9 Å². The standard InChI is InChI=1S/C13H18F3N3O2/c1-2-9(6-17)5-11(20)19-10-3-4-12(18-7-10)21-8-13(14,15)16/h3-4,7,9H,2,5-6,8,17H2,1H3,(H,19,20). The molecule has 1 aromatic rings. The van der Waals surface area contributed by atoms with Gasteiger partial charge in [0.2, 0.25) is 11.8 Å². The van der Waals surface area contributed by atoms with Gasteiger partial charge in [-0.1, -0.05) is 13.3 Å². The maximum Gasteiger partial charge on any atom is 0.422 e. The molecule has 8 heteroatoms. The van der Waals surface area contributed by atoms with Crippen LogP contribution < -0.4 is 15.8 Å². The Morgan fingerprint density at radius 2 is 2.19 bits per heavy atom. The van der Waals surface area contributed by atoms with Gasteiger partial charge in [-0.3, -0.25) is 4.79 Å². The van der Waals surface area contributed by atoms with E-state index < -0.39 is 12.8 Å². The second-order valence-electron chi connectivity index (χ2n) is 4.55. The number of anilines is 1. The van der Waals surface area contributed by atoms with Gasteiger partial charge in [-0.05, 0) is 18.5 Å². The molecule has 0 aliphatic rings. The van der Waals surface area contributed by atoms with E-state index in [4.69, 9.17) is 5.73 Å². The van der Waals surface area contributed by atoms with Crippen LogP contribution in [0.3, 0.4) is 0 Å². The minimum Gasteiger partial charge on any atom is -0.468 e. The Morgan fingerprint density at radius 3 is 2.67 bits per heavy atom. The van der Waals surface area contributed by atoms with Crippen molar-refractivity contribution < 1.29 is 22.7 Å². The topological polar surface area (TPSA) is 77.2 Å². The molecule has 1 aromatic heterocycles. The maximum absolute atomic E-state index is 12.0. The van der Waals surface area contributed by atoms with Gasteiger partial charge in [0.15, 0.2) is 6.61 Å². The predicted octanol–water partition coefficient (Wildman–Crippen LogP) is 2.34. The zero-order valence-corrected chi connectivity index (χ0v) is 11.6. The van der Waals surface area contributed by atoms with Gasteiger partial charge in [-0.25, -0.2) is 4.98 Å². The van der Waals surface area contributed by atoms with Crippen molar-refractivity contribution >= 4 is 11.6 Å². The molecule has 1 atom stereocenters. The zero-order valence-electron chi connectivity index (χ0n) is 11.6. The fraction of sp³-hybridized carbons (Fsp3) is 0.538. The quantitative estimate of drug-likeness (QED) is 0.810. The Morgan fingerprint density at radius 1 is 1.48 bits per heavy atom. The largest absolute Gasteiger partial charge is 0.468 e. The van der Waals surface area contributed by atoms with Gasteiger partial charge >= 0.3 is 6.18 Å². The highest BCUT2D eigenvalue weighted by molar-refractivity contribution is 5.90. The van der Waals surface area contributed by atoms with Crippen molar-refractivity contribution in [1.82, 2.24) is 4.98 Å². The van der Waals surface area contributed by atoms with E-state index >= 15 is 0 Å². The summed E-state index contributed by atoms with van der Waals surface area (Å²) >= 11 is 0. The fourth-order valence-electron chi connectivity index (χ4n) is 1.56. The molecule has 0 aromatic carbocycles. The Bertz CT molecular complexity index is 445. The lowest BCUT2D eigenvalue weighted by molar-refractivity contribution is -0.154. The minimum absolute atomic E-state index is 0.104. The Balaban J connectivity index is 2.49. The van der Waals surface area contributed by atoms with Gasteiger partial charge in [0, 0.05) is 12.5 Å². The Labute approximate surface area is 120 Å². The molecule has 1 amide bonds. The van der Waals surface area contributed by atoms with E-state index in [1.807, 2.05) is 6.92 Å². The predicted molar refractivity (Wildman–Crippen MR) is 71.9 cm³/mol. The van der Waals surface area contributed by atoms with Crippen LogP contribution in [0.15, 0.2) is 18.3 Å². The smallest absolute Gasteiger partial charge is 0.422 e. The number of aromatic nitrogens is 1. The van der Waals surface area contributed by atoms with E-state index in [1.165, 1.54) is 18.3 Å². The van der Waals surface area contributed by atoms with Crippen molar-refractivity contribution in [3.8, 4) is 5.88 Å². The zero-order chi connectivity index (χ0) is 15.9. The van der Waals surface area contributed by atoms with Crippen molar-refractivity contribution in [2.45, 2.75) is 25.9 Å². The summed E-state index contributed by atoms with van der Waals surface area (Å²) in [5.74, 6) is -0.260. The summed E-state index contributed by atoms with van der Waals surface area (Å²) < 4.78 is 40.3. The number of hydrogen-bond acceptors (Lipinski definition) is 4. The van der Waals surface area contributed by atoms with Crippen LogP contribution in [0.25, 0.3) is 0 Å². The third kappa shape index (κ3) is 6.94. The number of ether oxygens (including phenoxy) is 1. The Hall–Kier alpha value is -1.83. The average Bonchev–Trinajstić information content (AvgIpc) is 2.43. The number of rotatable bonds is 7. The van der Waals surface area contributed by atoms with Crippen LogP contribution in [-0.4, -0.2) is 30.2 Å². The van der Waals surface area contributed by atoms with Gasteiger partial charge in [0.1, 0.15) is 0 Å². The van der Waals surface area contributed by atoms with Crippen molar-refractivity contribution in [2.24, 2.45) is 11.7 Å². The monoisotopic (exact) mass is 305 g/mol. The van der Waals surface area contributed by atoms with Crippen molar-refractivity contribution in [3.05, 3.63) is 18.3 Å². The number of nitrogens with two attached hydrogens (primary N) is 1. The second-order valence-corrected chi connectivity index (χ2v) is 4.55. The van der Waals surface area contributed by atoms with Gasteiger partial charge in [0.25, 0.3) is 0 Å². The molecule has 0 radical (unpaired) electrons. The van der Waals surface area contributed by atoms with E-state index in [9.17, 15) is 18.0 Å². The number of nitrogens with one attached hydrogen (secondary N) is 1.